The fourth-order valence-electron chi connectivity index (χ4n) is 3.75. The number of likely N-dealkylation sites (tertiary alicyclic amines) is 1. The number of carbonyl (C=O) groups excluding carboxylic acids is 1. The molecule has 2 N–H and O–H groups in total. The van der Waals surface area contributed by atoms with Crippen molar-refractivity contribution < 1.29 is 9.18 Å². The topological polar surface area (TPSA) is 46.3 Å². The molecule has 1 amide bonds. The molecule has 4 rings (SSSR count). The van der Waals surface area contributed by atoms with Gasteiger partial charge in [0.25, 0.3) is 0 Å². The molecular formula is C20H21FN2O. The van der Waals surface area contributed by atoms with Crippen LogP contribution in [0.1, 0.15) is 24.3 Å². The molecule has 0 spiro atoms. The molecule has 2 aliphatic rings. The van der Waals surface area contributed by atoms with E-state index in [4.69, 9.17) is 5.73 Å². The number of nitrogens with two attached hydrogens (primary N) is 1. The summed E-state index contributed by atoms with van der Waals surface area (Å²) >= 11 is 0. The van der Waals surface area contributed by atoms with Gasteiger partial charge in [-0.05, 0) is 47.6 Å². The molecule has 3 unspecified atom stereocenters. The van der Waals surface area contributed by atoms with Crippen LogP contribution in [0.2, 0.25) is 0 Å². The Kier molecular flexibility index (Phi) is 3.85. The van der Waals surface area contributed by atoms with Gasteiger partial charge in [-0.25, -0.2) is 4.39 Å². The molecule has 0 aromatic heterocycles. The molecule has 2 fully saturated rings. The summed E-state index contributed by atoms with van der Waals surface area (Å²) in [5.74, 6) is 0.163. The van der Waals surface area contributed by atoms with E-state index in [1.807, 2.05) is 41.3 Å². The molecule has 3 atom stereocenters. The number of benzene rings is 2. The summed E-state index contributed by atoms with van der Waals surface area (Å²) < 4.78 is 13.8. The zero-order valence-electron chi connectivity index (χ0n) is 13.5. The summed E-state index contributed by atoms with van der Waals surface area (Å²) in [5, 5.41) is 0. The maximum absolute atomic E-state index is 13.8. The molecule has 1 saturated heterocycles. The van der Waals surface area contributed by atoms with Crippen molar-refractivity contribution in [1.29, 1.82) is 0 Å². The highest BCUT2D eigenvalue weighted by Gasteiger charge is 2.47. The highest BCUT2D eigenvalue weighted by Crippen LogP contribution is 2.51. The first-order chi connectivity index (χ1) is 11.6. The van der Waals surface area contributed by atoms with Crippen LogP contribution < -0.4 is 5.73 Å². The molecule has 24 heavy (non-hydrogen) atoms. The molecule has 2 aromatic carbocycles. The van der Waals surface area contributed by atoms with Crippen LogP contribution in [-0.2, 0) is 4.79 Å². The van der Waals surface area contributed by atoms with Crippen LogP contribution in [0.5, 0.6) is 0 Å². The third-order valence-electron chi connectivity index (χ3n) is 5.14. The fraction of sp³-hybridized carbons (Fsp3) is 0.350. The third kappa shape index (κ3) is 2.82. The number of rotatable bonds is 3. The largest absolute Gasteiger partial charge is 0.341 e. The van der Waals surface area contributed by atoms with Crippen LogP contribution in [0.25, 0.3) is 11.1 Å². The van der Waals surface area contributed by atoms with Gasteiger partial charge >= 0.3 is 0 Å². The molecule has 3 nitrogen and oxygen atoms in total. The molecular weight excluding hydrogens is 303 g/mol. The second-order valence-corrected chi connectivity index (χ2v) is 6.88. The highest BCUT2D eigenvalue weighted by atomic mass is 19.1. The maximum atomic E-state index is 13.8. The Bertz CT molecular complexity index is 761. The Morgan fingerprint density at radius 2 is 1.96 bits per heavy atom. The van der Waals surface area contributed by atoms with Gasteiger partial charge in [-0.2, -0.15) is 0 Å². The minimum Gasteiger partial charge on any atom is -0.341 e. The molecule has 0 radical (unpaired) electrons. The van der Waals surface area contributed by atoms with Crippen molar-refractivity contribution in [2.45, 2.75) is 24.8 Å². The molecule has 0 bridgehead atoms. The molecule has 124 valence electrons. The van der Waals surface area contributed by atoms with Crippen molar-refractivity contribution in [3.63, 3.8) is 0 Å². The lowest BCUT2D eigenvalue weighted by molar-refractivity contribution is -0.131. The molecule has 1 heterocycles. The van der Waals surface area contributed by atoms with Crippen LogP contribution >= 0.6 is 0 Å². The number of amides is 1. The van der Waals surface area contributed by atoms with E-state index in [2.05, 4.69) is 0 Å². The van der Waals surface area contributed by atoms with E-state index in [1.54, 1.807) is 6.07 Å². The van der Waals surface area contributed by atoms with Crippen molar-refractivity contribution in [2.75, 3.05) is 13.1 Å². The van der Waals surface area contributed by atoms with Crippen molar-refractivity contribution in [2.24, 2.45) is 11.7 Å². The first-order valence-electron chi connectivity index (χ1n) is 8.52. The van der Waals surface area contributed by atoms with Crippen LogP contribution in [0, 0.1) is 11.7 Å². The summed E-state index contributed by atoms with van der Waals surface area (Å²) in [5.41, 5.74) is 8.88. The van der Waals surface area contributed by atoms with Gasteiger partial charge in [0, 0.05) is 25.0 Å². The summed E-state index contributed by atoms with van der Waals surface area (Å²) in [4.78, 5) is 14.5. The van der Waals surface area contributed by atoms with Gasteiger partial charge in [0.15, 0.2) is 0 Å². The maximum Gasteiger partial charge on any atom is 0.226 e. The van der Waals surface area contributed by atoms with Crippen molar-refractivity contribution >= 4 is 5.91 Å². The van der Waals surface area contributed by atoms with E-state index >= 15 is 0 Å². The van der Waals surface area contributed by atoms with Gasteiger partial charge in [0.2, 0.25) is 5.91 Å². The van der Waals surface area contributed by atoms with Gasteiger partial charge < -0.3 is 10.6 Å². The summed E-state index contributed by atoms with van der Waals surface area (Å²) in [6.07, 6.45) is 1.73. The normalized spacial score (nSPS) is 25.8. The average Bonchev–Trinajstić information content (AvgIpc) is 3.28. The summed E-state index contributed by atoms with van der Waals surface area (Å²) in [7, 11) is 0. The second kappa shape index (κ2) is 6.02. The zero-order valence-corrected chi connectivity index (χ0v) is 13.5. The van der Waals surface area contributed by atoms with Gasteiger partial charge in [0.1, 0.15) is 5.82 Å². The van der Waals surface area contributed by atoms with Crippen molar-refractivity contribution in [3.05, 3.63) is 59.9 Å². The quantitative estimate of drug-likeness (QED) is 0.943. The Morgan fingerprint density at radius 3 is 2.67 bits per heavy atom. The fourth-order valence-corrected chi connectivity index (χ4v) is 3.75. The number of carbonyl (C=O) groups is 1. The van der Waals surface area contributed by atoms with Crippen molar-refractivity contribution in [1.82, 2.24) is 4.90 Å². The summed E-state index contributed by atoms with van der Waals surface area (Å²) in [6.45, 7) is 1.43. The predicted molar refractivity (Wildman–Crippen MR) is 91.9 cm³/mol. The van der Waals surface area contributed by atoms with E-state index in [0.29, 0.717) is 6.54 Å². The van der Waals surface area contributed by atoms with E-state index in [9.17, 15) is 9.18 Å². The Balaban J connectivity index is 1.59. The van der Waals surface area contributed by atoms with Crippen LogP contribution in [0.3, 0.4) is 0 Å². The predicted octanol–water partition coefficient (Wildman–Crippen LogP) is 3.16. The first-order valence-corrected chi connectivity index (χ1v) is 8.52. The van der Waals surface area contributed by atoms with E-state index in [1.165, 1.54) is 6.07 Å². The number of hydrogen-bond donors (Lipinski definition) is 1. The van der Waals surface area contributed by atoms with Crippen LogP contribution in [0.4, 0.5) is 4.39 Å². The smallest absolute Gasteiger partial charge is 0.226 e. The van der Waals surface area contributed by atoms with E-state index < -0.39 is 0 Å². The zero-order chi connectivity index (χ0) is 16.7. The minimum atomic E-state index is -0.244. The first kappa shape index (κ1) is 15.3. The highest BCUT2D eigenvalue weighted by molar-refractivity contribution is 5.84. The Labute approximate surface area is 141 Å². The minimum absolute atomic E-state index is 0.0169. The molecule has 2 aromatic rings. The monoisotopic (exact) mass is 324 g/mol. The lowest BCUT2D eigenvalue weighted by Crippen LogP contribution is -2.33. The number of hydrogen-bond acceptors (Lipinski definition) is 2. The standard InChI is InChI=1S/C20H21FN2O/c21-14-6-7-16(17(10-14)13-4-2-1-3-5-13)18-11-19(18)20(24)23-9-8-15(22)12-23/h1-7,10,15,18-19H,8-9,11-12,22H2. The van der Waals surface area contributed by atoms with E-state index in [0.717, 1.165) is 36.1 Å². The van der Waals surface area contributed by atoms with Crippen LogP contribution in [0.15, 0.2) is 48.5 Å². The van der Waals surface area contributed by atoms with Crippen LogP contribution in [-0.4, -0.2) is 29.9 Å². The number of nitrogens with zero attached hydrogens (tertiary/aromatic N) is 1. The number of halogens is 1. The molecule has 1 aliphatic heterocycles. The second-order valence-electron chi connectivity index (χ2n) is 6.88. The molecule has 4 heteroatoms. The SMILES string of the molecule is NC1CCN(C(=O)C2CC2c2ccc(F)cc2-c2ccccc2)C1. The van der Waals surface area contributed by atoms with Gasteiger partial charge in [-0.15, -0.1) is 0 Å². The molecule has 1 aliphatic carbocycles. The van der Waals surface area contributed by atoms with E-state index in [-0.39, 0.29) is 29.6 Å². The lowest BCUT2D eigenvalue weighted by atomic mass is 9.95. The van der Waals surface area contributed by atoms with Gasteiger partial charge in [-0.3, -0.25) is 4.79 Å². The Hall–Kier alpha value is -2.20. The molecule has 1 saturated carbocycles. The summed E-state index contributed by atoms with van der Waals surface area (Å²) in [6, 6.07) is 14.8. The van der Waals surface area contributed by atoms with Gasteiger partial charge in [-0.1, -0.05) is 36.4 Å². The third-order valence-corrected chi connectivity index (χ3v) is 5.14. The lowest BCUT2D eigenvalue weighted by Gasteiger charge is -2.16. The Morgan fingerprint density at radius 1 is 1.17 bits per heavy atom. The van der Waals surface area contributed by atoms with Gasteiger partial charge in [0.05, 0.1) is 0 Å². The average molecular weight is 324 g/mol. The van der Waals surface area contributed by atoms with Crippen molar-refractivity contribution in [3.8, 4) is 11.1 Å².